The fraction of sp³-hybridized carbons (Fsp3) is 0.412. The van der Waals surface area contributed by atoms with Crippen LogP contribution in [0, 0.1) is 10.1 Å². The van der Waals surface area contributed by atoms with E-state index in [0.29, 0.717) is 0 Å². The minimum Gasteiger partial charge on any atom is -0.353 e. The van der Waals surface area contributed by atoms with Gasteiger partial charge in [-0.3, -0.25) is 15.0 Å². The summed E-state index contributed by atoms with van der Waals surface area (Å²) in [6.45, 7) is 2.06. The van der Waals surface area contributed by atoms with E-state index in [4.69, 9.17) is 0 Å². The van der Waals surface area contributed by atoms with Gasteiger partial charge in [0.25, 0.3) is 5.69 Å². The van der Waals surface area contributed by atoms with E-state index in [1.54, 1.807) is 0 Å². The molecule has 0 bridgehead atoms. The van der Waals surface area contributed by atoms with E-state index in [1.165, 1.54) is 18.2 Å². The maximum atomic E-state index is 12.6. The Morgan fingerprint density at radius 3 is 2.58 bits per heavy atom. The van der Waals surface area contributed by atoms with E-state index in [9.17, 15) is 18.5 Å². The van der Waals surface area contributed by atoms with Gasteiger partial charge in [0.2, 0.25) is 10.0 Å². The van der Waals surface area contributed by atoms with Crippen LogP contribution in [0.2, 0.25) is 0 Å². The number of non-ortho nitro benzene ring substituents is 1. The van der Waals surface area contributed by atoms with Crippen LogP contribution in [0.1, 0.15) is 24.6 Å². The summed E-state index contributed by atoms with van der Waals surface area (Å²) in [6, 6.07) is 8.94. The third kappa shape index (κ3) is 3.95. The average Bonchev–Trinajstić information content (AvgIpc) is 3.28. The molecule has 2 aromatic rings. The number of hydrogen-bond donors (Lipinski definition) is 1. The first-order valence-corrected chi connectivity index (χ1v) is 9.96. The highest BCUT2D eigenvalue weighted by Crippen LogP contribution is 2.25. The molecule has 0 spiro atoms. The molecule has 0 saturated carbocycles. The highest BCUT2D eigenvalue weighted by molar-refractivity contribution is 7.89. The molecule has 3 rings (SSSR count). The maximum Gasteiger partial charge on any atom is 0.270 e. The quantitative estimate of drug-likeness (QED) is 0.587. The van der Waals surface area contributed by atoms with Crippen molar-refractivity contribution in [1.82, 2.24) is 14.2 Å². The van der Waals surface area contributed by atoms with Crippen LogP contribution in [0.25, 0.3) is 0 Å². The maximum absolute atomic E-state index is 12.6. The Hall–Kier alpha value is -2.23. The van der Waals surface area contributed by atoms with E-state index in [2.05, 4.69) is 9.62 Å². The molecule has 0 aliphatic carbocycles. The van der Waals surface area contributed by atoms with Gasteiger partial charge in [-0.2, -0.15) is 0 Å². The van der Waals surface area contributed by atoms with Crippen molar-refractivity contribution in [1.29, 1.82) is 0 Å². The summed E-state index contributed by atoms with van der Waals surface area (Å²) in [4.78, 5) is 12.5. The van der Waals surface area contributed by atoms with Gasteiger partial charge in [-0.05, 0) is 44.1 Å². The number of rotatable bonds is 7. The van der Waals surface area contributed by atoms with Gasteiger partial charge < -0.3 is 4.57 Å². The molecule has 1 N–H and O–H groups in total. The van der Waals surface area contributed by atoms with Crippen LogP contribution in [-0.4, -0.2) is 42.4 Å². The summed E-state index contributed by atoms with van der Waals surface area (Å²) in [7, 11) is -1.90. The van der Waals surface area contributed by atoms with Gasteiger partial charge in [0.05, 0.1) is 15.9 Å². The smallest absolute Gasteiger partial charge is 0.270 e. The van der Waals surface area contributed by atoms with Gasteiger partial charge in [-0.25, -0.2) is 13.1 Å². The minimum atomic E-state index is -3.84. The fourth-order valence-electron chi connectivity index (χ4n) is 3.33. The number of nitrogens with zero attached hydrogens (tertiary/aromatic N) is 3. The van der Waals surface area contributed by atoms with Crippen LogP contribution in [0.3, 0.4) is 0 Å². The van der Waals surface area contributed by atoms with E-state index in [0.717, 1.165) is 37.7 Å². The average molecular weight is 378 g/mol. The van der Waals surface area contributed by atoms with Gasteiger partial charge in [-0.1, -0.05) is 6.07 Å². The van der Waals surface area contributed by atoms with E-state index >= 15 is 0 Å². The molecule has 1 unspecified atom stereocenters. The zero-order chi connectivity index (χ0) is 18.7. The second-order valence-electron chi connectivity index (χ2n) is 6.41. The number of hydrogen-bond acceptors (Lipinski definition) is 5. The summed E-state index contributed by atoms with van der Waals surface area (Å²) in [5.74, 6) is 0. The highest BCUT2D eigenvalue weighted by atomic mass is 32.2. The number of nitro groups is 1. The number of benzene rings is 1. The van der Waals surface area contributed by atoms with Crippen molar-refractivity contribution in [3.8, 4) is 0 Å². The van der Waals surface area contributed by atoms with Crippen molar-refractivity contribution in [2.24, 2.45) is 7.05 Å². The van der Waals surface area contributed by atoms with Crippen molar-refractivity contribution in [2.75, 3.05) is 19.6 Å². The number of nitrogens with one attached hydrogen (secondary N) is 1. The second-order valence-corrected chi connectivity index (χ2v) is 8.18. The van der Waals surface area contributed by atoms with E-state index in [-0.39, 0.29) is 23.2 Å². The molecule has 1 atom stereocenters. The molecule has 1 aliphatic rings. The third-order valence-electron chi connectivity index (χ3n) is 4.71. The number of likely N-dealkylation sites (tertiary alicyclic amines) is 1. The van der Waals surface area contributed by atoms with Gasteiger partial charge in [0, 0.05) is 37.6 Å². The topological polar surface area (TPSA) is 97.5 Å². The summed E-state index contributed by atoms with van der Waals surface area (Å²) in [6.07, 6.45) is 4.13. The Morgan fingerprint density at radius 2 is 1.96 bits per heavy atom. The molecule has 2 heterocycles. The lowest BCUT2D eigenvalue weighted by molar-refractivity contribution is -0.385. The Labute approximate surface area is 152 Å². The summed E-state index contributed by atoms with van der Waals surface area (Å²) in [5.41, 5.74) is 0.792. The Kier molecular flexibility index (Phi) is 5.40. The largest absolute Gasteiger partial charge is 0.353 e. The van der Waals surface area contributed by atoms with Crippen LogP contribution in [0.15, 0.2) is 47.5 Å². The standard InChI is InChI=1S/C17H22N4O4S/c1-19-9-5-8-16(19)17(20-10-2-3-11-20)13-18-26(24,25)15-7-4-6-14(12-15)21(22)23/h4-9,12,17-18H,2-3,10-11,13H2,1H3. The monoisotopic (exact) mass is 378 g/mol. The Bertz CT molecular complexity index is 888. The fourth-order valence-corrected chi connectivity index (χ4v) is 4.41. The van der Waals surface area contributed by atoms with E-state index in [1.807, 2.05) is 29.9 Å². The molecule has 0 amide bonds. The molecule has 0 radical (unpaired) electrons. The van der Waals surface area contributed by atoms with Crippen LogP contribution in [0.5, 0.6) is 0 Å². The molecular weight excluding hydrogens is 356 g/mol. The Morgan fingerprint density at radius 1 is 1.23 bits per heavy atom. The molecule has 1 aromatic carbocycles. The zero-order valence-electron chi connectivity index (χ0n) is 14.5. The predicted octanol–water partition coefficient (Wildman–Crippen LogP) is 2.05. The highest BCUT2D eigenvalue weighted by Gasteiger charge is 2.27. The van der Waals surface area contributed by atoms with Crippen molar-refractivity contribution < 1.29 is 13.3 Å². The molecule has 26 heavy (non-hydrogen) atoms. The molecule has 1 saturated heterocycles. The number of aryl methyl sites for hydroxylation is 1. The number of nitro benzene ring substituents is 1. The molecule has 140 valence electrons. The lowest BCUT2D eigenvalue weighted by atomic mass is 10.2. The van der Waals surface area contributed by atoms with Crippen LogP contribution >= 0.6 is 0 Å². The summed E-state index contributed by atoms with van der Waals surface area (Å²) in [5, 5.41) is 10.9. The molecular formula is C17H22N4O4S. The first-order chi connectivity index (χ1) is 12.4. The second kappa shape index (κ2) is 7.56. The van der Waals surface area contributed by atoms with Gasteiger partial charge in [0.1, 0.15) is 0 Å². The van der Waals surface area contributed by atoms with Gasteiger partial charge in [0.15, 0.2) is 0 Å². The third-order valence-corrected chi connectivity index (χ3v) is 6.13. The zero-order valence-corrected chi connectivity index (χ0v) is 15.4. The lowest BCUT2D eigenvalue weighted by Gasteiger charge is -2.28. The van der Waals surface area contributed by atoms with E-state index < -0.39 is 14.9 Å². The normalized spacial score (nSPS) is 16.7. The minimum absolute atomic E-state index is 0.0778. The molecule has 1 aromatic heterocycles. The molecule has 9 heteroatoms. The summed E-state index contributed by atoms with van der Waals surface area (Å²) < 4.78 is 29.9. The summed E-state index contributed by atoms with van der Waals surface area (Å²) >= 11 is 0. The molecule has 1 fully saturated rings. The van der Waals surface area contributed by atoms with Gasteiger partial charge >= 0.3 is 0 Å². The van der Waals surface area contributed by atoms with Crippen LogP contribution in [-0.2, 0) is 17.1 Å². The number of aromatic nitrogens is 1. The lowest BCUT2D eigenvalue weighted by Crippen LogP contribution is -2.37. The van der Waals surface area contributed by atoms with Crippen LogP contribution in [0.4, 0.5) is 5.69 Å². The van der Waals surface area contributed by atoms with Crippen molar-refractivity contribution in [2.45, 2.75) is 23.8 Å². The van der Waals surface area contributed by atoms with Crippen molar-refractivity contribution in [3.05, 3.63) is 58.4 Å². The van der Waals surface area contributed by atoms with Crippen molar-refractivity contribution in [3.63, 3.8) is 0 Å². The SMILES string of the molecule is Cn1cccc1C(CNS(=O)(=O)c1cccc([N+](=O)[O-])c1)N1CCCC1. The van der Waals surface area contributed by atoms with Crippen LogP contribution < -0.4 is 4.72 Å². The molecule has 1 aliphatic heterocycles. The Balaban J connectivity index is 1.81. The first-order valence-electron chi connectivity index (χ1n) is 8.48. The molecule has 8 nitrogen and oxygen atoms in total. The predicted molar refractivity (Wildman–Crippen MR) is 97.2 cm³/mol. The first kappa shape index (κ1) is 18.6. The number of sulfonamides is 1. The van der Waals surface area contributed by atoms with Crippen molar-refractivity contribution >= 4 is 15.7 Å². The van der Waals surface area contributed by atoms with Gasteiger partial charge in [-0.15, -0.1) is 0 Å².